The third-order valence-corrected chi connectivity index (χ3v) is 5.47. The maximum Gasteiger partial charge on any atom is 0.355 e. The smallest absolute Gasteiger partial charge is 0.355 e. The van der Waals surface area contributed by atoms with E-state index in [2.05, 4.69) is 4.98 Å². The average molecular weight is 443 g/mol. The molecule has 0 saturated carbocycles. The molecule has 0 spiro atoms. The lowest BCUT2D eigenvalue weighted by molar-refractivity contribution is 0.0519. The summed E-state index contributed by atoms with van der Waals surface area (Å²) >= 11 is 6.32. The molecule has 5 nitrogen and oxygen atoms in total. The number of aromatic amines is 1. The summed E-state index contributed by atoms with van der Waals surface area (Å²) in [5.41, 5.74) is 3.66. The van der Waals surface area contributed by atoms with Gasteiger partial charge in [-0.15, -0.1) is 0 Å². The standard InChI is InChI=1S/C24H24ClFN2O3/c1-4-31-24(30)22-15(2)20(16(3)27-22)14-28(13-18-8-5-6-11-21(18)25)23(29)17-9-7-10-19(26)12-17/h5-12,27H,4,13-14H2,1-3H3. The van der Waals surface area contributed by atoms with Crippen LogP contribution in [0.2, 0.25) is 5.02 Å². The molecule has 2 aromatic carbocycles. The number of rotatable bonds is 7. The number of amides is 1. The van der Waals surface area contributed by atoms with Gasteiger partial charge in [0.15, 0.2) is 0 Å². The zero-order chi connectivity index (χ0) is 22.5. The summed E-state index contributed by atoms with van der Waals surface area (Å²) in [6.07, 6.45) is 0. The Balaban J connectivity index is 1.98. The SMILES string of the molecule is CCOC(=O)c1[nH]c(C)c(CN(Cc2ccccc2Cl)C(=O)c2cccc(F)c2)c1C. The number of aromatic nitrogens is 1. The second kappa shape index (κ2) is 9.79. The van der Waals surface area contributed by atoms with Gasteiger partial charge in [-0.25, -0.2) is 9.18 Å². The Morgan fingerprint density at radius 3 is 2.52 bits per heavy atom. The van der Waals surface area contributed by atoms with Crippen LogP contribution in [0, 0.1) is 19.7 Å². The van der Waals surface area contributed by atoms with Crippen LogP contribution in [0.5, 0.6) is 0 Å². The highest BCUT2D eigenvalue weighted by molar-refractivity contribution is 6.31. The minimum absolute atomic E-state index is 0.216. The number of carbonyl (C=O) groups is 2. The van der Waals surface area contributed by atoms with Gasteiger partial charge in [-0.05, 0) is 61.7 Å². The van der Waals surface area contributed by atoms with Crippen molar-refractivity contribution in [2.45, 2.75) is 33.9 Å². The van der Waals surface area contributed by atoms with Gasteiger partial charge in [-0.1, -0.05) is 35.9 Å². The summed E-state index contributed by atoms with van der Waals surface area (Å²) in [6.45, 7) is 6.11. The second-order valence-corrected chi connectivity index (χ2v) is 7.62. The molecule has 0 aliphatic rings. The van der Waals surface area contributed by atoms with E-state index in [0.717, 1.165) is 16.8 Å². The molecule has 0 bridgehead atoms. The Kier molecular flexibility index (Phi) is 7.13. The van der Waals surface area contributed by atoms with Gasteiger partial charge >= 0.3 is 5.97 Å². The van der Waals surface area contributed by atoms with Crippen molar-refractivity contribution in [3.8, 4) is 0 Å². The third kappa shape index (κ3) is 5.14. The van der Waals surface area contributed by atoms with Crippen molar-refractivity contribution in [3.05, 3.63) is 93.0 Å². The van der Waals surface area contributed by atoms with Gasteiger partial charge in [0.25, 0.3) is 5.91 Å². The first-order valence-corrected chi connectivity index (χ1v) is 10.3. The van der Waals surface area contributed by atoms with Crippen LogP contribution >= 0.6 is 11.6 Å². The Labute approximate surface area is 185 Å². The molecule has 1 amide bonds. The summed E-state index contributed by atoms with van der Waals surface area (Å²) in [7, 11) is 0. The fourth-order valence-electron chi connectivity index (χ4n) is 3.46. The van der Waals surface area contributed by atoms with Gasteiger partial charge in [0.1, 0.15) is 11.5 Å². The summed E-state index contributed by atoms with van der Waals surface area (Å²) in [4.78, 5) is 30.2. The number of aryl methyl sites for hydroxylation is 1. The average Bonchev–Trinajstić information content (AvgIpc) is 3.02. The second-order valence-electron chi connectivity index (χ2n) is 7.21. The fourth-order valence-corrected chi connectivity index (χ4v) is 3.66. The molecule has 7 heteroatoms. The number of esters is 1. The molecule has 0 atom stereocenters. The number of ether oxygens (including phenoxy) is 1. The molecule has 1 N–H and O–H groups in total. The highest BCUT2D eigenvalue weighted by Gasteiger charge is 2.24. The highest BCUT2D eigenvalue weighted by atomic mass is 35.5. The molecule has 162 valence electrons. The lowest BCUT2D eigenvalue weighted by Crippen LogP contribution is -2.30. The van der Waals surface area contributed by atoms with Crippen molar-refractivity contribution in [2.24, 2.45) is 0 Å². The van der Waals surface area contributed by atoms with Gasteiger partial charge in [0.2, 0.25) is 0 Å². The van der Waals surface area contributed by atoms with Crippen molar-refractivity contribution in [1.82, 2.24) is 9.88 Å². The Morgan fingerprint density at radius 2 is 1.84 bits per heavy atom. The van der Waals surface area contributed by atoms with Crippen LogP contribution in [0.1, 0.15) is 50.2 Å². The van der Waals surface area contributed by atoms with E-state index in [1.807, 2.05) is 32.0 Å². The van der Waals surface area contributed by atoms with Gasteiger partial charge < -0.3 is 14.6 Å². The van der Waals surface area contributed by atoms with Crippen molar-refractivity contribution in [2.75, 3.05) is 6.61 Å². The third-order valence-electron chi connectivity index (χ3n) is 5.10. The minimum Gasteiger partial charge on any atom is -0.461 e. The number of hydrogen-bond donors (Lipinski definition) is 1. The quantitative estimate of drug-likeness (QED) is 0.495. The number of nitrogens with one attached hydrogen (secondary N) is 1. The van der Waals surface area contributed by atoms with E-state index >= 15 is 0 Å². The van der Waals surface area contributed by atoms with Gasteiger partial charge in [0.05, 0.1) is 6.61 Å². The number of halogens is 2. The largest absolute Gasteiger partial charge is 0.461 e. The predicted molar refractivity (Wildman–Crippen MR) is 118 cm³/mol. The lowest BCUT2D eigenvalue weighted by atomic mass is 10.1. The summed E-state index contributed by atoms with van der Waals surface area (Å²) in [5, 5.41) is 0.536. The number of benzene rings is 2. The monoisotopic (exact) mass is 442 g/mol. The van der Waals surface area contributed by atoms with Crippen LogP contribution in [-0.2, 0) is 17.8 Å². The zero-order valence-electron chi connectivity index (χ0n) is 17.7. The van der Waals surface area contributed by atoms with Crippen LogP contribution in [0.15, 0.2) is 48.5 Å². The number of hydrogen-bond acceptors (Lipinski definition) is 3. The van der Waals surface area contributed by atoms with Crippen LogP contribution < -0.4 is 0 Å². The van der Waals surface area contributed by atoms with Crippen molar-refractivity contribution in [3.63, 3.8) is 0 Å². The Bertz CT molecular complexity index is 1110. The molecule has 1 aromatic heterocycles. The molecule has 0 saturated heterocycles. The molecule has 0 radical (unpaired) electrons. The van der Waals surface area contributed by atoms with E-state index in [-0.39, 0.29) is 31.2 Å². The molecule has 0 fully saturated rings. The predicted octanol–water partition coefficient (Wildman–Crippen LogP) is 5.44. The van der Waals surface area contributed by atoms with Gasteiger partial charge in [0, 0.05) is 29.4 Å². The lowest BCUT2D eigenvalue weighted by Gasteiger charge is -2.24. The van der Waals surface area contributed by atoms with Crippen LogP contribution in [0.25, 0.3) is 0 Å². The first kappa shape index (κ1) is 22.6. The Morgan fingerprint density at radius 1 is 1.10 bits per heavy atom. The minimum atomic E-state index is -0.484. The van der Waals surface area contributed by atoms with Crippen LogP contribution in [0.3, 0.4) is 0 Å². The first-order chi connectivity index (χ1) is 14.8. The maximum atomic E-state index is 13.8. The normalized spacial score (nSPS) is 10.7. The number of H-pyrrole nitrogens is 1. The Hall–Kier alpha value is -3.12. The summed E-state index contributed by atoms with van der Waals surface area (Å²) in [5.74, 6) is -1.26. The van der Waals surface area contributed by atoms with Gasteiger partial charge in [-0.3, -0.25) is 4.79 Å². The zero-order valence-corrected chi connectivity index (χ0v) is 18.4. The molecular weight excluding hydrogens is 419 g/mol. The van der Waals surface area contributed by atoms with Gasteiger partial charge in [-0.2, -0.15) is 0 Å². The number of nitrogens with zero attached hydrogens (tertiary/aromatic N) is 1. The fraction of sp³-hybridized carbons (Fsp3) is 0.250. The first-order valence-electron chi connectivity index (χ1n) is 9.95. The van der Waals surface area contributed by atoms with E-state index in [9.17, 15) is 14.0 Å². The molecule has 0 aliphatic heterocycles. The highest BCUT2D eigenvalue weighted by Crippen LogP contribution is 2.25. The van der Waals surface area contributed by atoms with Crippen LogP contribution in [0.4, 0.5) is 4.39 Å². The van der Waals surface area contributed by atoms with Crippen molar-refractivity contribution < 1.29 is 18.7 Å². The summed E-state index contributed by atoms with van der Waals surface area (Å²) < 4.78 is 18.9. The molecule has 31 heavy (non-hydrogen) atoms. The molecule has 1 heterocycles. The van der Waals surface area contributed by atoms with E-state index < -0.39 is 11.8 Å². The molecule has 0 unspecified atom stereocenters. The van der Waals surface area contributed by atoms with Crippen molar-refractivity contribution >= 4 is 23.5 Å². The summed E-state index contributed by atoms with van der Waals surface area (Å²) in [6, 6.07) is 12.8. The maximum absolute atomic E-state index is 13.8. The van der Waals surface area contributed by atoms with Crippen molar-refractivity contribution in [1.29, 1.82) is 0 Å². The molecule has 3 rings (SSSR count). The van der Waals surface area contributed by atoms with Crippen LogP contribution in [-0.4, -0.2) is 28.4 Å². The van der Waals surface area contributed by atoms with E-state index in [1.54, 1.807) is 24.0 Å². The molecule has 3 aromatic rings. The van der Waals surface area contributed by atoms with E-state index in [1.165, 1.54) is 18.2 Å². The molecular formula is C24H24ClFN2O3. The topological polar surface area (TPSA) is 62.4 Å². The van der Waals surface area contributed by atoms with E-state index in [0.29, 0.717) is 16.3 Å². The van der Waals surface area contributed by atoms with E-state index in [4.69, 9.17) is 16.3 Å². The number of carbonyl (C=O) groups excluding carboxylic acids is 2. The molecule has 0 aliphatic carbocycles.